The summed E-state index contributed by atoms with van der Waals surface area (Å²) in [5.41, 5.74) is 3.08. The third-order valence-corrected chi connectivity index (χ3v) is 6.99. The quantitative estimate of drug-likeness (QED) is 0.0608. The van der Waals surface area contributed by atoms with E-state index in [1.807, 2.05) is 48.1 Å². The standard InChI is InChI=1S/C36H43N2O6/c1-8-10-24-41-32-15-13-30(14-16-32)36(40)44-34(9-2)27(4)26(3)28(5)43-35(39)29-11-17-33(18-12-29)42-25-23-38-21-19-31(20-22-38)37(6)7/h9,11-22H,5,8,10,23-25H2,1-4,6-7H3/q+1/b27-26-,34-9+. The van der Waals surface area contributed by atoms with Crippen LogP contribution in [0, 0.1) is 0 Å². The lowest BCUT2D eigenvalue weighted by Crippen LogP contribution is -2.35. The second-order valence-corrected chi connectivity index (χ2v) is 10.4. The van der Waals surface area contributed by atoms with Crippen LogP contribution in [-0.4, -0.2) is 39.2 Å². The normalized spacial score (nSPS) is 11.7. The molecule has 0 N–H and O–H groups in total. The van der Waals surface area contributed by atoms with Crippen molar-refractivity contribution in [1.82, 2.24) is 0 Å². The molecular formula is C36H43N2O6+. The van der Waals surface area contributed by atoms with Crippen LogP contribution in [0.1, 0.15) is 61.3 Å². The second-order valence-electron chi connectivity index (χ2n) is 10.4. The number of nitrogens with zero attached hydrogens (tertiary/aromatic N) is 2. The lowest BCUT2D eigenvalue weighted by Gasteiger charge is -2.14. The van der Waals surface area contributed by atoms with Gasteiger partial charge in [-0.2, -0.15) is 0 Å². The number of unbranched alkanes of at least 4 members (excludes halogenated alkanes) is 1. The number of esters is 2. The molecule has 0 aliphatic heterocycles. The smallest absolute Gasteiger partial charge is 0.343 e. The van der Waals surface area contributed by atoms with Crippen LogP contribution in [0.3, 0.4) is 0 Å². The van der Waals surface area contributed by atoms with Gasteiger partial charge in [-0.3, -0.25) is 0 Å². The van der Waals surface area contributed by atoms with Crippen LogP contribution in [0.5, 0.6) is 11.5 Å². The molecule has 0 spiro atoms. The summed E-state index contributed by atoms with van der Waals surface area (Å²) in [4.78, 5) is 27.7. The van der Waals surface area contributed by atoms with Gasteiger partial charge in [0.15, 0.2) is 18.9 Å². The molecule has 0 aliphatic carbocycles. The SMILES string of the molecule is C=C(OC(=O)c1ccc(OCC[n+]2ccc(N(C)C)cc2)cc1)/C(C)=C(C)\C(=C/C)OC(=O)c1ccc(OCCCC)cc1. The number of anilines is 1. The molecule has 0 amide bonds. The molecule has 0 bridgehead atoms. The number of rotatable bonds is 15. The number of carbonyl (C=O) groups excluding carboxylic acids is 2. The van der Waals surface area contributed by atoms with E-state index in [4.69, 9.17) is 18.9 Å². The van der Waals surface area contributed by atoms with Crippen LogP contribution < -0.4 is 18.9 Å². The van der Waals surface area contributed by atoms with Gasteiger partial charge in [0.1, 0.15) is 29.6 Å². The average Bonchev–Trinajstić information content (AvgIpc) is 3.03. The molecule has 1 aromatic heterocycles. The summed E-state index contributed by atoms with van der Waals surface area (Å²) in [7, 11) is 4.01. The molecule has 0 fully saturated rings. The van der Waals surface area contributed by atoms with Gasteiger partial charge in [-0.25, -0.2) is 14.2 Å². The van der Waals surface area contributed by atoms with E-state index in [1.165, 1.54) is 0 Å². The first-order chi connectivity index (χ1) is 21.1. The molecule has 0 unspecified atom stereocenters. The van der Waals surface area contributed by atoms with Crippen molar-refractivity contribution in [2.24, 2.45) is 0 Å². The number of hydrogen-bond donors (Lipinski definition) is 0. The van der Waals surface area contributed by atoms with E-state index in [1.54, 1.807) is 75.4 Å². The van der Waals surface area contributed by atoms with Gasteiger partial charge < -0.3 is 23.8 Å². The summed E-state index contributed by atoms with van der Waals surface area (Å²) < 4.78 is 24.7. The predicted octanol–water partition coefficient (Wildman–Crippen LogP) is 7.07. The Hall–Kier alpha value is -4.85. The number of pyridine rings is 1. The van der Waals surface area contributed by atoms with Gasteiger partial charge in [0.25, 0.3) is 0 Å². The van der Waals surface area contributed by atoms with Gasteiger partial charge in [0.05, 0.1) is 17.7 Å². The minimum Gasteiger partial charge on any atom is -0.494 e. The lowest BCUT2D eigenvalue weighted by atomic mass is 10.1. The highest BCUT2D eigenvalue weighted by Crippen LogP contribution is 2.24. The van der Waals surface area contributed by atoms with E-state index >= 15 is 0 Å². The second kappa shape index (κ2) is 16.7. The molecule has 232 valence electrons. The van der Waals surface area contributed by atoms with Crippen molar-refractivity contribution in [3.8, 4) is 11.5 Å². The van der Waals surface area contributed by atoms with E-state index in [0.29, 0.717) is 59.3 Å². The van der Waals surface area contributed by atoms with Crippen molar-refractivity contribution in [1.29, 1.82) is 0 Å². The Morgan fingerprint density at radius 3 is 1.82 bits per heavy atom. The number of aromatic nitrogens is 1. The zero-order chi connectivity index (χ0) is 32.1. The molecule has 0 radical (unpaired) electrons. The molecule has 0 saturated heterocycles. The van der Waals surface area contributed by atoms with Crippen LogP contribution >= 0.6 is 0 Å². The van der Waals surface area contributed by atoms with Crippen molar-refractivity contribution >= 4 is 17.6 Å². The minimum atomic E-state index is -0.550. The lowest BCUT2D eigenvalue weighted by molar-refractivity contribution is -0.697. The van der Waals surface area contributed by atoms with Gasteiger partial charge in [-0.05, 0) is 92.9 Å². The van der Waals surface area contributed by atoms with Gasteiger partial charge in [-0.1, -0.05) is 19.9 Å². The predicted molar refractivity (Wildman–Crippen MR) is 172 cm³/mol. The van der Waals surface area contributed by atoms with Crippen molar-refractivity contribution in [3.63, 3.8) is 0 Å². The number of hydrogen-bond acceptors (Lipinski definition) is 7. The Bertz CT molecular complexity index is 1470. The van der Waals surface area contributed by atoms with Crippen LogP contribution in [0.4, 0.5) is 5.69 Å². The van der Waals surface area contributed by atoms with Crippen LogP contribution in [-0.2, 0) is 16.0 Å². The maximum atomic E-state index is 12.8. The molecule has 8 nitrogen and oxygen atoms in total. The topological polar surface area (TPSA) is 78.2 Å². The number of allylic oxidation sites excluding steroid dienone is 3. The van der Waals surface area contributed by atoms with Crippen molar-refractivity contribution in [3.05, 3.63) is 120 Å². The monoisotopic (exact) mass is 599 g/mol. The third-order valence-electron chi connectivity index (χ3n) is 6.99. The van der Waals surface area contributed by atoms with Gasteiger partial charge in [0.2, 0.25) is 0 Å². The Kier molecular flexibility index (Phi) is 12.8. The Labute approximate surface area is 260 Å². The number of carbonyl (C=O) groups is 2. The summed E-state index contributed by atoms with van der Waals surface area (Å²) in [6.45, 7) is 13.1. The summed E-state index contributed by atoms with van der Waals surface area (Å²) in [6, 6.07) is 17.7. The van der Waals surface area contributed by atoms with E-state index < -0.39 is 11.9 Å². The van der Waals surface area contributed by atoms with Gasteiger partial charge in [0, 0.05) is 31.9 Å². The first kappa shape index (κ1) is 33.6. The molecule has 1 heterocycles. The molecule has 0 atom stereocenters. The average molecular weight is 600 g/mol. The third kappa shape index (κ3) is 9.87. The fraction of sp³-hybridized carbons (Fsp3) is 0.306. The molecule has 2 aromatic carbocycles. The number of benzene rings is 2. The first-order valence-corrected chi connectivity index (χ1v) is 14.7. The Morgan fingerprint density at radius 2 is 1.32 bits per heavy atom. The van der Waals surface area contributed by atoms with E-state index in [0.717, 1.165) is 18.5 Å². The first-order valence-electron chi connectivity index (χ1n) is 14.7. The van der Waals surface area contributed by atoms with Crippen LogP contribution in [0.25, 0.3) is 0 Å². The fourth-order valence-electron chi connectivity index (χ4n) is 4.03. The molecule has 44 heavy (non-hydrogen) atoms. The minimum absolute atomic E-state index is 0.161. The molecular weight excluding hydrogens is 556 g/mol. The van der Waals surface area contributed by atoms with E-state index in [9.17, 15) is 9.59 Å². The maximum Gasteiger partial charge on any atom is 0.343 e. The van der Waals surface area contributed by atoms with Gasteiger partial charge in [-0.15, -0.1) is 0 Å². The fourth-order valence-corrected chi connectivity index (χ4v) is 4.03. The maximum absolute atomic E-state index is 12.8. The Morgan fingerprint density at radius 1 is 0.795 bits per heavy atom. The molecule has 8 heteroatoms. The summed E-state index contributed by atoms with van der Waals surface area (Å²) >= 11 is 0. The van der Waals surface area contributed by atoms with Crippen LogP contribution in [0.15, 0.2) is 108 Å². The molecule has 3 aromatic rings. The summed E-state index contributed by atoms with van der Waals surface area (Å²) in [6.07, 6.45) is 7.72. The summed E-state index contributed by atoms with van der Waals surface area (Å²) in [5, 5.41) is 0. The van der Waals surface area contributed by atoms with E-state index in [2.05, 4.69) is 13.5 Å². The molecule has 0 aliphatic rings. The highest BCUT2D eigenvalue weighted by atomic mass is 16.5. The zero-order valence-corrected chi connectivity index (χ0v) is 26.6. The largest absolute Gasteiger partial charge is 0.494 e. The van der Waals surface area contributed by atoms with Crippen LogP contribution in [0.2, 0.25) is 0 Å². The van der Waals surface area contributed by atoms with Crippen molar-refractivity contribution in [2.75, 3.05) is 32.2 Å². The highest BCUT2D eigenvalue weighted by Gasteiger charge is 2.17. The van der Waals surface area contributed by atoms with E-state index in [-0.39, 0.29) is 5.76 Å². The highest BCUT2D eigenvalue weighted by molar-refractivity contribution is 5.91. The Balaban J connectivity index is 1.53. The molecule has 3 rings (SSSR count). The van der Waals surface area contributed by atoms with Gasteiger partial charge >= 0.3 is 11.9 Å². The van der Waals surface area contributed by atoms with Crippen molar-refractivity contribution < 1.29 is 33.1 Å². The zero-order valence-electron chi connectivity index (χ0n) is 26.6. The summed E-state index contributed by atoms with van der Waals surface area (Å²) in [5.74, 6) is 0.808. The number of ether oxygens (including phenoxy) is 4. The van der Waals surface area contributed by atoms with Crippen molar-refractivity contribution in [2.45, 2.75) is 47.1 Å². The molecule has 0 saturated carbocycles.